The number of hydrogen-bond donors (Lipinski definition) is 0. The Kier molecular flexibility index (Phi) is 6.80. The van der Waals surface area contributed by atoms with E-state index in [1.54, 1.807) is 0 Å². The molecule has 9 rings (SSSR count). The maximum absolute atomic E-state index is 5.08. The van der Waals surface area contributed by atoms with Crippen LogP contribution in [0, 0.1) is 0 Å². The number of fused-ring (bicyclic) bond motifs is 5. The van der Waals surface area contributed by atoms with Crippen molar-refractivity contribution in [2.24, 2.45) is 0 Å². The van der Waals surface area contributed by atoms with E-state index >= 15 is 0 Å². The molecule has 0 spiro atoms. The highest BCUT2D eigenvalue weighted by Gasteiger charge is 2.37. The van der Waals surface area contributed by atoms with Gasteiger partial charge < -0.3 is 0 Å². The molecule has 0 saturated carbocycles. The fourth-order valence-corrected chi connectivity index (χ4v) is 7.39. The molecule has 0 bridgehead atoms. The minimum atomic E-state index is -0.0794. The molecule has 232 valence electrons. The van der Waals surface area contributed by atoms with Gasteiger partial charge in [0.15, 0.2) is 5.82 Å². The second-order valence-electron chi connectivity index (χ2n) is 13.3. The molecular formula is C46H33N3. The lowest BCUT2D eigenvalue weighted by molar-refractivity contribution is 0.661. The molecule has 3 heteroatoms. The van der Waals surface area contributed by atoms with Gasteiger partial charge in [0.25, 0.3) is 0 Å². The summed E-state index contributed by atoms with van der Waals surface area (Å²) in [5.41, 5.74) is 14.5. The first-order valence-electron chi connectivity index (χ1n) is 16.8. The van der Waals surface area contributed by atoms with Gasteiger partial charge in [-0.05, 0) is 62.4 Å². The Labute approximate surface area is 286 Å². The smallest absolute Gasteiger partial charge is 0.160 e. The lowest BCUT2D eigenvalue weighted by Crippen LogP contribution is -2.14. The van der Waals surface area contributed by atoms with Crippen molar-refractivity contribution in [3.63, 3.8) is 0 Å². The van der Waals surface area contributed by atoms with E-state index in [0.717, 1.165) is 39.3 Å². The van der Waals surface area contributed by atoms with Crippen molar-refractivity contribution in [2.75, 3.05) is 0 Å². The molecule has 0 N–H and O–H groups in total. The Morgan fingerprint density at radius 3 is 1.78 bits per heavy atom. The third-order valence-electron chi connectivity index (χ3n) is 9.97. The van der Waals surface area contributed by atoms with E-state index in [1.807, 2.05) is 42.6 Å². The summed E-state index contributed by atoms with van der Waals surface area (Å²) >= 11 is 0. The van der Waals surface area contributed by atoms with Gasteiger partial charge in [0.1, 0.15) is 0 Å². The quantitative estimate of drug-likeness (QED) is 0.191. The zero-order valence-electron chi connectivity index (χ0n) is 27.4. The van der Waals surface area contributed by atoms with E-state index in [4.69, 9.17) is 15.0 Å². The highest BCUT2D eigenvalue weighted by atomic mass is 14.9. The van der Waals surface area contributed by atoms with Gasteiger partial charge in [0.2, 0.25) is 0 Å². The summed E-state index contributed by atoms with van der Waals surface area (Å²) in [6.07, 6.45) is 1.91. The number of benzene rings is 6. The Morgan fingerprint density at radius 2 is 1.04 bits per heavy atom. The van der Waals surface area contributed by atoms with Gasteiger partial charge in [-0.3, -0.25) is 4.98 Å². The van der Waals surface area contributed by atoms with Crippen molar-refractivity contribution < 1.29 is 0 Å². The third-order valence-corrected chi connectivity index (χ3v) is 9.97. The van der Waals surface area contributed by atoms with Crippen molar-refractivity contribution in [1.29, 1.82) is 0 Å². The first-order valence-corrected chi connectivity index (χ1v) is 16.8. The van der Waals surface area contributed by atoms with E-state index in [1.165, 1.54) is 44.2 Å². The maximum atomic E-state index is 5.08. The van der Waals surface area contributed by atoms with Gasteiger partial charge in [-0.1, -0.05) is 153 Å². The van der Waals surface area contributed by atoms with Crippen LogP contribution in [0.25, 0.3) is 78.2 Å². The van der Waals surface area contributed by atoms with Gasteiger partial charge in [0.05, 0.1) is 17.1 Å². The van der Waals surface area contributed by atoms with Gasteiger partial charge in [-0.15, -0.1) is 0 Å². The van der Waals surface area contributed by atoms with Crippen LogP contribution in [0.2, 0.25) is 0 Å². The van der Waals surface area contributed by atoms with Crippen molar-refractivity contribution >= 4 is 10.8 Å². The molecule has 0 saturated heterocycles. The number of nitrogens with zero attached hydrogens (tertiary/aromatic N) is 3. The summed E-state index contributed by atoms with van der Waals surface area (Å²) in [7, 11) is 0. The Bertz CT molecular complexity index is 2480. The SMILES string of the molecule is CC1(C)c2cccc(-c3ccc(-c4cc(-c5ccc(-c6ccccc6)nc5)nc(-c5ccccc5)n4)cc3)c2-c2c1ccc1ccccc21. The molecule has 49 heavy (non-hydrogen) atoms. The van der Waals surface area contributed by atoms with Crippen LogP contribution in [0.3, 0.4) is 0 Å². The minimum absolute atomic E-state index is 0.0794. The average Bonchev–Trinajstić information content (AvgIpc) is 3.42. The standard InChI is InChI=1S/C46H33N3/c1-46(2)38-19-11-18-37(43(38)44-36-17-10-9-12-30(36)24-26-39(44)46)31-20-22-33(23-21-31)41-28-42(49-45(48-41)34-15-7-4-8-16-34)35-25-27-40(47-29-35)32-13-5-3-6-14-32/h3-29H,1-2H3. The second kappa shape index (κ2) is 11.5. The molecule has 0 atom stereocenters. The molecular weight excluding hydrogens is 595 g/mol. The topological polar surface area (TPSA) is 38.7 Å². The molecule has 0 amide bonds. The van der Waals surface area contributed by atoms with E-state index in [0.29, 0.717) is 5.82 Å². The van der Waals surface area contributed by atoms with Gasteiger partial charge in [-0.2, -0.15) is 0 Å². The van der Waals surface area contributed by atoms with Gasteiger partial charge >= 0.3 is 0 Å². The van der Waals surface area contributed by atoms with Crippen LogP contribution < -0.4 is 0 Å². The fourth-order valence-electron chi connectivity index (χ4n) is 7.39. The summed E-state index contributed by atoms with van der Waals surface area (Å²) < 4.78 is 0. The van der Waals surface area contributed by atoms with E-state index < -0.39 is 0 Å². The van der Waals surface area contributed by atoms with Crippen LogP contribution in [-0.2, 0) is 5.41 Å². The summed E-state index contributed by atoms with van der Waals surface area (Å²) in [5, 5.41) is 2.58. The third kappa shape index (κ3) is 4.94. The highest BCUT2D eigenvalue weighted by Crippen LogP contribution is 2.54. The minimum Gasteiger partial charge on any atom is -0.256 e. The van der Waals surface area contributed by atoms with Crippen molar-refractivity contribution in [2.45, 2.75) is 19.3 Å². The highest BCUT2D eigenvalue weighted by molar-refractivity contribution is 6.06. The molecule has 0 fully saturated rings. The normalized spacial score (nSPS) is 12.9. The van der Waals surface area contributed by atoms with E-state index in [2.05, 4.69) is 135 Å². The van der Waals surface area contributed by atoms with Crippen LogP contribution in [0.1, 0.15) is 25.0 Å². The fraction of sp³-hybridized carbons (Fsp3) is 0.0652. The van der Waals surface area contributed by atoms with Crippen LogP contribution in [0.5, 0.6) is 0 Å². The summed E-state index contributed by atoms with van der Waals surface area (Å²) in [4.78, 5) is 14.9. The predicted octanol–water partition coefficient (Wildman–Crippen LogP) is 11.7. The van der Waals surface area contributed by atoms with Crippen molar-refractivity contribution in [3.8, 4) is 67.4 Å². The lowest BCUT2D eigenvalue weighted by atomic mass is 9.81. The van der Waals surface area contributed by atoms with E-state index in [9.17, 15) is 0 Å². The van der Waals surface area contributed by atoms with Crippen LogP contribution in [0.15, 0.2) is 164 Å². The van der Waals surface area contributed by atoms with E-state index in [-0.39, 0.29) is 5.41 Å². The van der Waals surface area contributed by atoms with Crippen LogP contribution in [-0.4, -0.2) is 15.0 Å². The molecule has 0 aliphatic heterocycles. The van der Waals surface area contributed by atoms with Gasteiger partial charge in [0, 0.05) is 33.9 Å². The molecule has 1 aliphatic carbocycles. The van der Waals surface area contributed by atoms with Crippen LogP contribution in [0.4, 0.5) is 0 Å². The number of rotatable bonds is 5. The zero-order chi connectivity index (χ0) is 33.0. The monoisotopic (exact) mass is 627 g/mol. The Morgan fingerprint density at radius 1 is 0.429 bits per heavy atom. The van der Waals surface area contributed by atoms with Gasteiger partial charge in [-0.25, -0.2) is 9.97 Å². The number of pyridine rings is 1. The number of aromatic nitrogens is 3. The largest absolute Gasteiger partial charge is 0.256 e. The summed E-state index contributed by atoms with van der Waals surface area (Å²) in [6.45, 7) is 4.70. The molecule has 2 heterocycles. The van der Waals surface area contributed by atoms with Crippen LogP contribution >= 0.6 is 0 Å². The Balaban J connectivity index is 1.14. The second-order valence-corrected chi connectivity index (χ2v) is 13.3. The molecule has 0 unspecified atom stereocenters. The predicted molar refractivity (Wildman–Crippen MR) is 202 cm³/mol. The number of hydrogen-bond acceptors (Lipinski definition) is 3. The Hall–Kier alpha value is -6.19. The van der Waals surface area contributed by atoms with Crippen molar-refractivity contribution in [3.05, 3.63) is 175 Å². The molecule has 2 aromatic heterocycles. The first kappa shape index (κ1) is 29.0. The summed E-state index contributed by atoms with van der Waals surface area (Å²) in [5.74, 6) is 0.691. The molecule has 8 aromatic rings. The average molecular weight is 628 g/mol. The zero-order valence-corrected chi connectivity index (χ0v) is 27.4. The molecule has 6 aromatic carbocycles. The van der Waals surface area contributed by atoms with Crippen molar-refractivity contribution in [1.82, 2.24) is 15.0 Å². The molecule has 0 radical (unpaired) electrons. The lowest BCUT2D eigenvalue weighted by Gasteiger charge is -2.21. The first-order chi connectivity index (χ1) is 24.0. The molecule has 1 aliphatic rings. The maximum Gasteiger partial charge on any atom is 0.160 e. The molecule has 3 nitrogen and oxygen atoms in total. The summed E-state index contributed by atoms with van der Waals surface area (Å²) in [6, 6.07) is 55.6.